The average Bonchev–Trinajstić information content (AvgIpc) is 2.17. The van der Waals surface area contributed by atoms with Crippen LogP contribution in [0, 0.1) is 5.92 Å². The summed E-state index contributed by atoms with van der Waals surface area (Å²) in [5, 5.41) is 20.9. The molecule has 0 N–H and O–H groups in total. The van der Waals surface area contributed by atoms with Crippen molar-refractivity contribution in [1.82, 2.24) is 0 Å². The van der Waals surface area contributed by atoms with Gasteiger partial charge >= 0.3 is 0 Å². The number of carbonyl (C=O) groups is 2. The Bertz CT molecular complexity index is 345. The zero-order chi connectivity index (χ0) is 11.3. The minimum absolute atomic E-state index is 0.150. The summed E-state index contributed by atoms with van der Waals surface area (Å²) < 4.78 is 0. The largest absolute Gasteiger partial charge is 0.550 e. The van der Waals surface area contributed by atoms with Gasteiger partial charge in [-0.05, 0) is 18.4 Å². The summed E-state index contributed by atoms with van der Waals surface area (Å²) in [6.45, 7) is 0. The zero-order valence-electron chi connectivity index (χ0n) is 8.01. The van der Waals surface area contributed by atoms with Crippen LogP contribution in [0.25, 0.3) is 0 Å². The van der Waals surface area contributed by atoms with E-state index in [-0.39, 0.29) is 6.42 Å². The molecule has 80 valence electrons. The summed E-state index contributed by atoms with van der Waals surface area (Å²) in [5.41, 5.74) is 0.771. The highest BCUT2D eigenvalue weighted by atomic mass is 16.4. The quantitative estimate of drug-likeness (QED) is 0.602. The van der Waals surface area contributed by atoms with Gasteiger partial charge in [-0.25, -0.2) is 0 Å². The van der Waals surface area contributed by atoms with Gasteiger partial charge in [-0.2, -0.15) is 0 Å². The van der Waals surface area contributed by atoms with E-state index in [1.54, 1.807) is 30.3 Å². The average molecular weight is 206 g/mol. The van der Waals surface area contributed by atoms with Crippen LogP contribution < -0.4 is 10.2 Å². The molecule has 15 heavy (non-hydrogen) atoms. The number of hydrogen-bond donors (Lipinski definition) is 0. The summed E-state index contributed by atoms with van der Waals surface area (Å²) in [7, 11) is 0. The number of carbonyl (C=O) groups excluding carboxylic acids is 2. The number of carboxylic acids is 2. The number of hydrogen-bond acceptors (Lipinski definition) is 4. The lowest BCUT2D eigenvalue weighted by Gasteiger charge is -2.18. The van der Waals surface area contributed by atoms with Crippen molar-refractivity contribution in [1.29, 1.82) is 0 Å². The molecule has 4 nitrogen and oxygen atoms in total. The lowest BCUT2D eigenvalue weighted by Crippen LogP contribution is -2.37. The van der Waals surface area contributed by atoms with Crippen LogP contribution >= 0.6 is 0 Å². The van der Waals surface area contributed by atoms with Gasteiger partial charge in [0.25, 0.3) is 0 Å². The van der Waals surface area contributed by atoms with Crippen LogP contribution in [0.4, 0.5) is 0 Å². The van der Waals surface area contributed by atoms with Crippen LogP contribution in [0.3, 0.4) is 0 Å². The maximum atomic E-state index is 10.6. The fourth-order valence-corrected chi connectivity index (χ4v) is 1.34. The van der Waals surface area contributed by atoms with Gasteiger partial charge in [0.2, 0.25) is 0 Å². The SMILES string of the molecule is O=C([O-])C[C@H](Cc1ccccc1)C(=O)[O-]. The lowest BCUT2D eigenvalue weighted by atomic mass is 9.96. The van der Waals surface area contributed by atoms with Gasteiger partial charge in [-0.15, -0.1) is 0 Å². The highest BCUT2D eigenvalue weighted by molar-refractivity contribution is 5.75. The van der Waals surface area contributed by atoms with E-state index in [1.165, 1.54) is 0 Å². The monoisotopic (exact) mass is 206 g/mol. The molecular weight excluding hydrogens is 196 g/mol. The standard InChI is InChI=1S/C11H12O4/c12-10(13)7-9(11(14)15)6-8-4-2-1-3-5-8/h1-5,9H,6-7H2,(H,12,13)(H,14,15)/p-2/t9-/m0/s1. The molecule has 0 aliphatic heterocycles. The maximum Gasteiger partial charge on any atom is 0.0452 e. The molecular formula is C11H10O4-2. The molecule has 0 spiro atoms. The second kappa shape index (κ2) is 5.14. The Morgan fingerprint density at radius 2 is 1.73 bits per heavy atom. The highest BCUT2D eigenvalue weighted by Gasteiger charge is 2.11. The molecule has 0 aliphatic carbocycles. The molecule has 1 rings (SSSR count). The number of carboxylic acid groups (broad SMARTS) is 2. The fraction of sp³-hybridized carbons (Fsp3) is 0.273. The summed E-state index contributed by atoms with van der Waals surface area (Å²) in [4.78, 5) is 20.9. The van der Waals surface area contributed by atoms with E-state index in [1.807, 2.05) is 0 Å². The summed E-state index contributed by atoms with van der Waals surface area (Å²) >= 11 is 0. The van der Waals surface area contributed by atoms with Crippen LogP contribution in [0.2, 0.25) is 0 Å². The summed E-state index contributed by atoms with van der Waals surface area (Å²) in [6.07, 6.45) is -0.367. The van der Waals surface area contributed by atoms with Gasteiger partial charge in [0.1, 0.15) is 0 Å². The molecule has 0 aromatic heterocycles. The number of rotatable bonds is 5. The second-order valence-corrected chi connectivity index (χ2v) is 3.28. The summed E-state index contributed by atoms with van der Waals surface area (Å²) in [5.74, 6) is -3.76. The van der Waals surface area contributed by atoms with Crippen molar-refractivity contribution in [3.63, 3.8) is 0 Å². The van der Waals surface area contributed by atoms with E-state index in [4.69, 9.17) is 0 Å². The molecule has 0 heterocycles. The van der Waals surface area contributed by atoms with Crippen LogP contribution in [0.5, 0.6) is 0 Å². The molecule has 0 amide bonds. The van der Waals surface area contributed by atoms with Crippen molar-refractivity contribution >= 4 is 11.9 Å². The predicted molar refractivity (Wildman–Crippen MR) is 48.3 cm³/mol. The van der Waals surface area contributed by atoms with E-state index in [9.17, 15) is 19.8 Å². The Kier molecular flexibility index (Phi) is 3.85. The topological polar surface area (TPSA) is 80.3 Å². The van der Waals surface area contributed by atoms with Crippen molar-refractivity contribution in [2.75, 3.05) is 0 Å². The number of benzene rings is 1. The minimum atomic E-state index is -1.37. The van der Waals surface area contributed by atoms with Crippen molar-refractivity contribution < 1.29 is 19.8 Å². The second-order valence-electron chi connectivity index (χ2n) is 3.28. The van der Waals surface area contributed by atoms with Crippen LogP contribution in [-0.2, 0) is 16.0 Å². The molecule has 0 saturated heterocycles. The Balaban J connectivity index is 2.67. The molecule has 1 aromatic rings. The van der Waals surface area contributed by atoms with Gasteiger partial charge in [0, 0.05) is 17.9 Å². The lowest BCUT2D eigenvalue weighted by molar-refractivity contribution is -0.320. The Morgan fingerprint density at radius 1 is 1.13 bits per heavy atom. The first-order valence-corrected chi connectivity index (χ1v) is 4.54. The smallest absolute Gasteiger partial charge is 0.0452 e. The zero-order valence-corrected chi connectivity index (χ0v) is 8.01. The Hall–Kier alpha value is -1.84. The van der Waals surface area contributed by atoms with Crippen LogP contribution in [0.1, 0.15) is 12.0 Å². The van der Waals surface area contributed by atoms with E-state index >= 15 is 0 Å². The van der Waals surface area contributed by atoms with Crippen molar-refractivity contribution in [2.24, 2.45) is 5.92 Å². The summed E-state index contributed by atoms with van der Waals surface area (Å²) in [6, 6.07) is 8.81. The van der Waals surface area contributed by atoms with Crippen LogP contribution in [-0.4, -0.2) is 11.9 Å². The van der Waals surface area contributed by atoms with E-state index in [0.717, 1.165) is 5.56 Å². The van der Waals surface area contributed by atoms with E-state index in [0.29, 0.717) is 0 Å². The molecule has 1 aromatic carbocycles. The molecule has 0 aliphatic rings. The normalized spacial score (nSPS) is 12.0. The predicted octanol–water partition coefficient (Wildman–Crippen LogP) is -1.26. The first kappa shape index (κ1) is 11.2. The molecule has 0 saturated carbocycles. The maximum absolute atomic E-state index is 10.6. The van der Waals surface area contributed by atoms with Gasteiger partial charge in [-0.3, -0.25) is 0 Å². The van der Waals surface area contributed by atoms with Crippen LogP contribution in [0.15, 0.2) is 30.3 Å². The molecule has 4 heteroatoms. The minimum Gasteiger partial charge on any atom is -0.550 e. The first-order chi connectivity index (χ1) is 7.09. The van der Waals surface area contributed by atoms with Gasteiger partial charge in [-0.1, -0.05) is 30.3 Å². The van der Waals surface area contributed by atoms with E-state index < -0.39 is 24.3 Å². The molecule has 0 unspecified atom stereocenters. The molecule has 0 fully saturated rings. The van der Waals surface area contributed by atoms with Gasteiger partial charge < -0.3 is 19.8 Å². The third kappa shape index (κ3) is 3.81. The number of aliphatic carboxylic acids is 2. The van der Waals surface area contributed by atoms with Gasteiger partial charge in [0.15, 0.2) is 0 Å². The van der Waals surface area contributed by atoms with Gasteiger partial charge in [0.05, 0.1) is 0 Å². The Morgan fingerprint density at radius 3 is 2.20 bits per heavy atom. The fourth-order valence-electron chi connectivity index (χ4n) is 1.34. The van der Waals surface area contributed by atoms with Crippen molar-refractivity contribution in [3.8, 4) is 0 Å². The van der Waals surface area contributed by atoms with E-state index in [2.05, 4.69) is 0 Å². The third-order valence-electron chi connectivity index (χ3n) is 2.07. The molecule has 0 radical (unpaired) electrons. The molecule has 0 bridgehead atoms. The Labute approximate surface area is 87.2 Å². The third-order valence-corrected chi connectivity index (χ3v) is 2.07. The first-order valence-electron chi connectivity index (χ1n) is 4.54. The highest BCUT2D eigenvalue weighted by Crippen LogP contribution is 2.11. The van der Waals surface area contributed by atoms with Crippen molar-refractivity contribution in [3.05, 3.63) is 35.9 Å². The molecule has 1 atom stereocenters. The van der Waals surface area contributed by atoms with Crippen molar-refractivity contribution in [2.45, 2.75) is 12.8 Å².